The molecule has 26 heavy (non-hydrogen) atoms. The number of rotatable bonds is 11. The number of aliphatic hydroxyl groups excluding tert-OH is 4. The number of carbonyl (C=O) groups is 2. The average Bonchev–Trinajstić information content (AvgIpc) is 2.61. The van der Waals surface area contributed by atoms with Gasteiger partial charge in [-0.25, -0.2) is 0 Å². The summed E-state index contributed by atoms with van der Waals surface area (Å²) in [7, 11) is 0. The molecular weight excluding hydrogens is 348 g/mol. The van der Waals surface area contributed by atoms with E-state index < -0.39 is 43.3 Å². The first kappa shape index (κ1) is 22.5. The molecule has 1 fully saturated rings. The van der Waals surface area contributed by atoms with Gasteiger partial charge in [0.25, 0.3) is 0 Å². The number of ether oxygens (including phenoxy) is 3. The number of hydrogen-bond donors (Lipinski definition) is 4. The van der Waals surface area contributed by atoms with E-state index in [1.54, 1.807) is 0 Å². The van der Waals surface area contributed by atoms with Crippen molar-refractivity contribution in [2.45, 2.75) is 75.7 Å². The summed E-state index contributed by atoms with van der Waals surface area (Å²) in [4.78, 5) is 22.9. The van der Waals surface area contributed by atoms with Gasteiger partial charge in [-0.3, -0.25) is 9.59 Å². The van der Waals surface area contributed by atoms with Crippen LogP contribution in [0, 0.1) is 0 Å². The monoisotopic (exact) mass is 376 g/mol. The summed E-state index contributed by atoms with van der Waals surface area (Å²) in [6.45, 7) is 2.72. The van der Waals surface area contributed by atoms with Gasteiger partial charge < -0.3 is 34.6 Å². The maximum absolute atomic E-state index is 11.8. The summed E-state index contributed by atoms with van der Waals surface area (Å²) in [5.41, 5.74) is 0. The van der Waals surface area contributed by atoms with Gasteiger partial charge in [-0.05, 0) is 12.8 Å². The fourth-order valence-corrected chi connectivity index (χ4v) is 2.57. The molecule has 1 saturated heterocycles. The van der Waals surface area contributed by atoms with Gasteiger partial charge in [0.1, 0.15) is 24.4 Å². The van der Waals surface area contributed by atoms with Crippen molar-refractivity contribution in [1.29, 1.82) is 0 Å². The number of carbonyl (C=O) groups excluding carboxylic acids is 2. The van der Waals surface area contributed by atoms with Crippen molar-refractivity contribution in [3.8, 4) is 0 Å². The molecule has 9 nitrogen and oxygen atoms in total. The Kier molecular flexibility index (Phi) is 10.4. The molecule has 0 bridgehead atoms. The molecular formula is C17H28O9. The number of esters is 2. The van der Waals surface area contributed by atoms with Crippen molar-refractivity contribution in [3.05, 3.63) is 12.8 Å². The molecule has 0 saturated carbocycles. The summed E-state index contributed by atoms with van der Waals surface area (Å²) in [6.07, 6.45) is -1.99. The van der Waals surface area contributed by atoms with Crippen molar-refractivity contribution in [2.24, 2.45) is 0 Å². The lowest BCUT2D eigenvalue weighted by molar-refractivity contribution is -0.292. The van der Waals surface area contributed by atoms with E-state index in [1.165, 1.54) is 0 Å². The van der Waals surface area contributed by atoms with Crippen LogP contribution in [0.25, 0.3) is 0 Å². The second-order valence-electron chi connectivity index (χ2n) is 6.11. The zero-order chi connectivity index (χ0) is 19.5. The fraction of sp³-hybridized carbons (Fsp3) is 0.765. The zero-order valence-corrected chi connectivity index (χ0v) is 14.7. The Hall–Kier alpha value is -1.52. The van der Waals surface area contributed by atoms with Gasteiger partial charge >= 0.3 is 11.9 Å². The third-order valence-corrected chi connectivity index (χ3v) is 4.07. The lowest BCUT2D eigenvalue weighted by atomic mass is 9.99. The Morgan fingerprint density at radius 1 is 0.923 bits per heavy atom. The molecule has 0 amide bonds. The predicted molar refractivity (Wildman–Crippen MR) is 88.5 cm³/mol. The van der Waals surface area contributed by atoms with Crippen LogP contribution in [0.3, 0.4) is 0 Å². The zero-order valence-electron chi connectivity index (χ0n) is 14.7. The second-order valence-corrected chi connectivity index (χ2v) is 6.11. The van der Waals surface area contributed by atoms with Crippen LogP contribution in [0.1, 0.15) is 44.9 Å². The van der Waals surface area contributed by atoms with Crippen LogP contribution in [-0.2, 0) is 23.8 Å². The van der Waals surface area contributed by atoms with Gasteiger partial charge in [-0.2, -0.15) is 0 Å². The van der Waals surface area contributed by atoms with Crippen LogP contribution in [0.5, 0.6) is 0 Å². The molecule has 1 aliphatic rings. The molecule has 9 heteroatoms. The third kappa shape index (κ3) is 7.38. The first-order chi connectivity index (χ1) is 12.4. The van der Waals surface area contributed by atoms with Crippen molar-refractivity contribution in [3.63, 3.8) is 0 Å². The van der Waals surface area contributed by atoms with Crippen LogP contribution in [0.15, 0.2) is 12.8 Å². The normalized spacial score (nSPS) is 28.4. The van der Waals surface area contributed by atoms with E-state index in [1.807, 2.05) is 0 Å². The summed E-state index contributed by atoms with van der Waals surface area (Å²) in [5, 5.41) is 38.1. The largest absolute Gasteiger partial charge is 0.435 e. The first-order valence-electron chi connectivity index (χ1n) is 8.71. The average molecular weight is 376 g/mol. The SMILES string of the molecule is C=COC(=O)CCCCCCCC(=O)OC1O[C@H](CO)[C@H](O)[C@H](O)[C@H]1O. The molecule has 1 rings (SSSR count). The number of unbranched alkanes of at least 4 members (excludes halogenated alkanes) is 4. The molecule has 0 aromatic rings. The van der Waals surface area contributed by atoms with E-state index in [0.29, 0.717) is 19.3 Å². The molecule has 0 radical (unpaired) electrons. The maximum atomic E-state index is 11.8. The van der Waals surface area contributed by atoms with Crippen LogP contribution in [0.4, 0.5) is 0 Å². The second kappa shape index (κ2) is 12.0. The van der Waals surface area contributed by atoms with Gasteiger partial charge in [0.2, 0.25) is 6.29 Å². The van der Waals surface area contributed by atoms with Gasteiger partial charge in [0, 0.05) is 12.8 Å². The smallest absolute Gasteiger partial charge is 0.310 e. The standard InChI is InChI=1S/C17H28O9/c1-2-24-12(19)8-6-4-3-5-7-9-13(20)26-17-16(23)15(22)14(21)11(10-18)25-17/h2,11,14-18,21-23H,1,3-10H2/t11-,14+,15+,16-,17?/m1/s1. The molecule has 0 aromatic carbocycles. The summed E-state index contributed by atoms with van der Waals surface area (Å²) < 4.78 is 14.7. The molecule has 1 aliphatic heterocycles. The lowest BCUT2D eigenvalue weighted by Crippen LogP contribution is -2.59. The van der Waals surface area contributed by atoms with Crippen LogP contribution >= 0.6 is 0 Å². The van der Waals surface area contributed by atoms with E-state index in [-0.39, 0.29) is 12.4 Å². The highest BCUT2D eigenvalue weighted by Crippen LogP contribution is 2.22. The lowest BCUT2D eigenvalue weighted by Gasteiger charge is -2.39. The quantitative estimate of drug-likeness (QED) is 0.218. The van der Waals surface area contributed by atoms with Gasteiger partial charge in [-0.15, -0.1) is 0 Å². The summed E-state index contributed by atoms with van der Waals surface area (Å²) in [5.74, 6) is -0.924. The summed E-state index contributed by atoms with van der Waals surface area (Å²) >= 11 is 0. The molecule has 1 heterocycles. The Bertz CT molecular complexity index is 452. The Labute approximate surface area is 152 Å². The number of hydrogen-bond acceptors (Lipinski definition) is 9. The van der Waals surface area contributed by atoms with Crippen LogP contribution < -0.4 is 0 Å². The van der Waals surface area contributed by atoms with Crippen molar-refractivity contribution < 1.29 is 44.2 Å². The van der Waals surface area contributed by atoms with Crippen molar-refractivity contribution in [1.82, 2.24) is 0 Å². The predicted octanol–water partition coefficient (Wildman–Crippen LogP) is -0.253. The molecule has 4 N–H and O–H groups in total. The van der Waals surface area contributed by atoms with Gasteiger partial charge in [0.05, 0.1) is 12.9 Å². The summed E-state index contributed by atoms with van der Waals surface area (Å²) in [6, 6.07) is 0. The molecule has 0 aromatic heterocycles. The van der Waals surface area contributed by atoms with E-state index in [2.05, 4.69) is 11.3 Å². The maximum Gasteiger partial charge on any atom is 0.310 e. The fourth-order valence-electron chi connectivity index (χ4n) is 2.57. The highest BCUT2D eigenvalue weighted by molar-refractivity contribution is 5.70. The minimum atomic E-state index is -1.59. The Balaban J connectivity index is 2.18. The van der Waals surface area contributed by atoms with Crippen molar-refractivity contribution >= 4 is 11.9 Å². The van der Waals surface area contributed by atoms with Crippen LogP contribution in [0.2, 0.25) is 0 Å². The third-order valence-electron chi connectivity index (χ3n) is 4.07. The highest BCUT2D eigenvalue weighted by atomic mass is 16.7. The van der Waals surface area contributed by atoms with Crippen molar-refractivity contribution in [2.75, 3.05) is 6.61 Å². The van der Waals surface area contributed by atoms with E-state index in [9.17, 15) is 24.9 Å². The minimum Gasteiger partial charge on any atom is -0.435 e. The molecule has 0 spiro atoms. The highest BCUT2D eigenvalue weighted by Gasteiger charge is 2.45. The van der Waals surface area contributed by atoms with E-state index >= 15 is 0 Å². The Morgan fingerprint density at radius 3 is 2.08 bits per heavy atom. The first-order valence-corrected chi connectivity index (χ1v) is 8.71. The van der Waals surface area contributed by atoms with E-state index in [4.69, 9.17) is 14.6 Å². The number of aliphatic hydroxyl groups is 4. The Morgan fingerprint density at radius 2 is 1.50 bits per heavy atom. The topological polar surface area (TPSA) is 143 Å². The van der Waals surface area contributed by atoms with E-state index in [0.717, 1.165) is 25.5 Å². The van der Waals surface area contributed by atoms with Gasteiger partial charge in [0.15, 0.2) is 0 Å². The molecule has 1 unspecified atom stereocenters. The molecule has 0 aliphatic carbocycles. The van der Waals surface area contributed by atoms with Crippen LogP contribution in [-0.4, -0.2) is 69.7 Å². The molecule has 150 valence electrons. The minimum absolute atomic E-state index is 0.105. The van der Waals surface area contributed by atoms with Gasteiger partial charge in [-0.1, -0.05) is 25.8 Å². The molecule has 5 atom stereocenters.